The van der Waals surface area contributed by atoms with Crippen LogP contribution in [0, 0.1) is 0 Å². The number of carbonyl (C=O) groups is 2. The van der Waals surface area contributed by atoms with E-state index >= 15 is 0 Å². The molecule has 2 N–H and O–H groups in total. The van der Waals surface area contributed by atoms with E-state index in [0.29, 0.717) is 19.7 Å². The second-order valence-electron chi connectivity index (χ2n) is 7.57. The summed E-state index contributed by atoms with van der Waals surface area (Å²) in [6.07, 6.45) is 4.72. The molecular formula is C20H39IN6O3. The predicted octanol–water partition coefficient (Wildman–Crippen LogP) is 0.353. The minimum Gasteiger partial charge on any atom is -0.383 e. The highest BCUT2D eigenvalue weighted by atomic mass is 127. The van der Waals surface area contributed by atoms with Crippen molar-refractivity contribution < 1.29 is 14.3 Å². The van der Waals surface area contributed by atoms with E-state index in [9.17, 15) is 9.59 Å². The van der Waals surface area contributed by atoms with Gasteiger partial charge in [0.15, 0.2) is 5.96 Å². The van der Waals surface area contributed by atoms with Gasteiger partial charge in [0.1, 0.15) is 6.54 Å². The van der Waals surface area contributed by atoms with Crippen molar-refractivity contribution in [1.82, 2.24) is 25.3 Å². The number of likely N-dealkylation sites (tertiary alicyclic amines) is 1. The van der Waals surface area contributed by atoms with Crippen LogP contribution in [0.15, 0.2) is 4.99 Å². The van der Waals surface area contributed by atoms with Crippen molar-refractivity contribution in [2.24, 2.45) is 4.99 Å². The molecule has 0 atom stereocenters. The van der Waals surface area contributed by atoms with Crippen LogP contribution in [-0.4, -0.2) is 112 Å². The van der Waals surface area contributed by atoms with Gasteiger partial charge in [-0.1, -0.05) is 12.8 Å². The van der Waals surface area contributed by atoms with Crippen molar-refractivity contribution in [3.05, 3.63) is 0 Å². The van der Waals surface area contributed by atoms with Crippen molar-refractivity contribution in [3.63, 3.8) is 0 Å². The summed E-state index contributed by atoms with van der Waals surface area (Å²) in [5.74, 6) is 0.903. The number of nitrogens with zero attached hydrogens (tertiary/aromatic N) is 4. The maximum Gasteiger partial charge on any atom is 0.241 e. The predicted molar refractivity (Wildman–Crippen MR) is 129 cm³/mol. The summed E-state index contributed by atoms with van der Waals surface area (Å²) in [6, 6.07) is 0. The number of aliphatic imine (C=N–C) groups is 1. The Balaban J connectivity index is 0.00000450. The monoisotopic (exact) mass is 538 g/mol. The molecule has 0 radical (unpaired) electrons. The molecule has 10 heteroatoms. The van der Waals surface area contributed by atoms with Crippen LogP contribution < -0.4 is 10.6 Å². The van der Waals surface area contributed by atoms with E-state index in [1.807, 2.05) is 11.8 Å². The molecule has 0 aliphatic carbocycles. The molecule has 2 heterocycles. The molecular weight excluding hydrogens is 499 g/mol. The van der Waals surface area contributed by atoms with Gasteiger partial charge >= 0.3 is 0 Å². The van der Waals surface area contributed by atoms with Crippen LogP contribution in [0.3, 0.4) is 0 Å². The van der Waals surface area contributed by atoms with E-state index < -0.39 is 0 Å². The molecule has 0 saturated carbocycles. The van der Waals surface area contributed by atoms with Gasteiger partial charge in [-0.25, -0.2) is 4.99 Å². The largest absolute Gasteiger partial charge is 0.383 e. The number of ether oxygens (including phenoxy) is 1. The lowest BCUT2D eigenvalue weighted by Gasteiger charge is -2.37. The topological polar surface area (TPSA) is 89.5 Å². The highest BCUT2D eigenvalue weighted by Gasteiger charge is 2.23. The number of amides is 2. The molecule has 9 nitrogen and oxygen atoms in total. The number of piperazine rings is 1. The second kappa shape index (κ2) is 15.6. The molecule has 2 fully saturated rings. The Morgan fingerprint density at radius 2 is 1.60 bits per heavy atom. The van der Waals surface area contributed by atoms with Gasteiger partial charge in [-0.05, 0) is 19.8 Å². The van der Waals surface area contributed by atoms with E-state index in [2.05, 4.69) is 25.4 Å². The van der Waals surface area contributed by atoms with E-state index in [1.165, 1.54) is 12.8 Å². The summed E-state index contributed by atoms with van der Waals surface area (Å²) in [7, 11) is 1.61. The van der Waals surface area contributed by atoms with Crippen molar-refractivity contribution in [2.75, 3.05) is 79.2 Å². The van der Waals surface area contributed by atoms with Crippen LogP contribution >= 0.6 is 24.0 Å². The fourth-order valence-electron chi connectivity index (χ4n) is 3.65. The number of carbonyl (C=O) groups excluding carboxylic acids is 2. The minimum atomic E-state index is -0.112. The molecule has 174 valence electrons. The van der Waals surface area contributed by atoms with Crippen LogP contribution in [-0.2, 0) is 14.3 Å². The number of methoxy groups -OCH3 is 1. The summed E-state index contributed by atoms with van der Waals surface area (Å²) < 4.78 is 4.93. The first-order chi connectivity index (χ1) is 14.1. The quantitative estimate of drug-likeness (QED) is 0.201. The van der Waals surface area contributed by atoms with Gasteiger partial charge in [0.2, 0.25) is 11.8 Å². The Morgan fingerprint density at radius 3 is 2.20 bits per heavy atom. The number of guanidine groups is 1. The van der Waals surface area contributed by atoms with Crippen LogP contribution in [0.1, 0.15) is 32.6 Å². The highest BCUT2D eigenvalue weighted by Crippen LogP contribution is 2.11. The third kappa shape index (κ3) is 9.78. The number of hydrogen-bond donors (Lipinski definition) is 2. The summed E-state index contributed by atoms with van der Waals surface area (Å²) >= 11 is 0. The van der Waals surface area contributed by atoms with E-state index in [4.69, 9.17) is 4.74 Å². The summed E-state index contributed by atoms with van der Waals surface area (Å²) in [5, 5.41) is 6.05. The standard InChI is InChI=1S/C20H38N6O3.HI/c1-3-21-20(23-16-18(27)22-8-15-29-2)26-13-11-24(12-14-26)17-19(28)25-9-6-4-5-7-10-25;/h3-17H2,1-2H3,(H,21,23)(H,22,27);1H. The molecule has 2 rings (SSSR count). The van der Waals surface area contributed by atoms with E-state index in [0.717, 1.165) is 64.6 Å². The van der Waals surface area contributed by atoms with Crippen molar-refractivity contribution in [1.29, 1.82) is 0 Å². The average Bonchev–Trinajstić information content (AvgIpc) is 3.02. The normalized spacial score (nSPS) is 18.4. The zero-order valence-electron chi connectivity index (χ0n) is 18.5. The molecule has 0 aromatic heterocycles. The lowest BCUT2D eigenvalue weighted by Crippen LogP contribution is -2.54. The lowest BCUT2D eigenvalue weighted by molar-refractivity contribution is -0.132. The minimum absolute atomic E-state index is 0. The first-order valence-electron chi connectivity index (χ1n) is 10.9. The highest BCUT2D eigenvalue weighted by molar-refractivity contribution is 14.0. The molecule has 0 bridgehead atoms. The molecule has 0 spiro atoms. The molecule has 0 aromatic rings. The first kappa shape index (κ1) is 26.9. The van der Waals surface area contributed by atoms with Crippen molar-refractivity contribution in [3.8, 4) is 0 Å². The maximum atomic E-state index is 12.6. The van der Waals surface area contributed by atoms with E-state index in [-0.39, 0.29) is 42.3 Å². The van der Waals surface area contributed by atoms with Gasteiger partial charge < -0.3 is 25.2 Å². The van der Waals surface area contributed by atoms with Crippen molar-refractivity contribution in [2.45, 2.75) is 32.6 Å². The Hall–Kier alpha value is -1.14. The number of halogens is 1. The Labute approximate surface area is 198 Å². The third-order valence-corrected chi connectivity index (χ3v) is 5.33. The summed E-state index contributed by atoms with van der Waals surface area (Å²) in [4.78, 5) is 35.4. The molecule has 2 aliphatic heterocycles. The van der Waals surface area contributed by atoms with Crippen LogP contribution in [0.4, 0.5) is 0 Å². The fourth-order valence-corrected chi connectivity index (χ4v) is 3.65. The fraction of sp³-hybridized carbons (Fsp3) is 0.850. The smallest absolute Gasteiger partial charge is 0.241 e. The molecule has 0 unspecified atom stereocenters. The number of hydrogen-bond acceptors (Lipinski definition) is 5. The Bertz CT molecular complexity index is 533. The average molecular weight is 538 g/mol. The molecule has 2 amide bonds. The zero-order chi connectivity index (χ0) is 20.9. The van der Waals surface area contributed by atoms with Gasteiger partial charge in [-0.3, -0.25) is 14.5 Å². The summed E-state index contributed by atoms with van der Waals surface area (Å²) in [5.41, 5.74) is 0. The van der Waals surface area contributed by atoms with Crippen LogP contribution in [0.25, 0.3) is 0 Å². The van der Waals surface area contributed by atoms with Crippen LogP contribution in [0.5, 0.6) is 0 Å². The van der Waals surface area contributed by atoms with Gasteiger partial charge in [0.25, 0.3) is 0 Å². The maximum absolute atomic E-state index is 12.6. The van der Waals surface area contributed by atoms with Crippen LogP contribution in [0.2, 0.25) is 0 Å². The summed E-state index contributed by atoms with van der Waals surface area (Å²) in [6.45, 7) is 9.40. The Morgan fingerprint density at radius 1 is 0.933 bits per heavy atom. The van der Waals surface area contributed by atoms with Gasteiger partial charge in [0, 0.05) is 59.5 Å². The van der Waals surface area contributed by atoms with Gasteiger partial charge in [0.05, 0.1) is 13.2 Å². The van der Waals surface area contributed by atoms with E-state index in [1.54, 1.807) is 7.11 Å². The molecule has 0 aromatic carbocycles. The molecule has 2 aliphatic rings. The molecule has 2 saturated heterocycles. The van der Waals surface area contributed by atoms with Crippen molar-refractivity contribution >= 4 is 41.8 Å². The molecule has 30 heavy (non-hydrogen) atoms. The second-order valence-corrected chi connectivity index (χ2v) is 7.57. The zero-order valence-corrected chi connectivity index (χ0v) is 20.9. The lowest BCUT2D eigenvalue weighted by atomic mass is 10.2. The van der Waals surface area contributed by atoms with Gasteiger partial charge in [-0.15, -0.1) is 24.0 Å². The third-order valence-electron chi connectivity index (χ3n) is 5.33. The van der Waals surface area contributed by atoms with Gasteiger partial charge in [-0.2, -0.15) is 0 Å². The number of rotatable bonds is 8. The SMILES string of the molecule is CCNC(=NCC(=O)NCCOC)N1CCN(CC(=O)N2CCCCCC2)CC1.I. The first-order valence-corrected chi connectivity index (χ1v) is 10.9. The Kier molecular flexibility index (Phi) is 14.0. The number of nitrogens with one attached hydrogen (secondary N) is 2.